The topological polar surface area (TPSA) is 74.0 Å². The summed E-state index contributed by atoms with van der Waals surface area (Å²) < 4.78 is 9.47. The van der Waals surface area contributed by atoms with Crippen LogP contribution in [-0.4, -0.2) is 31.6 Å². The highest BCUT2D eigenvalue weighted by Gasteiger charge is 2.19. The normalized spacial score (nSPS) is 11.2. The van der Waals surface area contributed by atoms with Gasteiger partial charge in [0, 0.05) is 13.2 Å². The minimum absolute atomic E-state index is 0.00239. The highest BCUT2D eigenvalue weighted by atomic mass is 16.5. The average molecular weight is 389 g/mol. The van der Waals surface area contributed by atoms with E-state index in [1.807, 2.05) is 67.1 Å². The lowest BCUT2D eigenvalue weighted by atomic mass is 10.2. The van der Waals surface area contributed by atoms with Gasteiger partial charge in [-0.3, -0.25) is 14.2 Å². The van der Waals surface area contributed by atoms with Gasteiger partial charge in [-0.05, 0) is 37.6 Å². The Balaban J connectivity index is 1.77. The Morgan fingerprint density at radius 1 is 1.07 bits per heavy atom. The fraction of sp³-hybridized carbons (Fsp3) is 0.227. The fourth-order valence-corrected chi connectivity index (χ4v) is 3.22. The van der Waals surface area contributed by atoms with Crippen molar-refractivity contribution in [2.24, 2.45) is 7.05 Å². The summed E-state index contributed by atoms with van der Waals surface area (Å²) in [6.45, 7) is 4.53. The summed E-state index contributed by atoms with van der Waals surface area (Å²) in [7, 11) is 1.77. The van der Waals surface area contributed by atoms with Crippen molar-refractivity contribution in [3.63, 3.8) is 0 Å². The third-order valence-corrected chi connectivity index (χ3v) is 4.46. The molecule has 0 unspecified atom stereocenters. The zero-order chi connectivity index (χ0) is 20.4. The number of anilines is 1. The van der Waals surface area contributed by atoms with Crippen LogP contribution in [-0.2, 0) is 13.6 Å². The number of fused-ring (bicyclic) bond motifs is 1. The summed E-state index contributed by atoms with van der Waals surface area (Å²) >= 11 is 0. The first-order valence-electron chi connectivity index (χ1n) is 9.52. The Morgan fingerprint density at radius 3 is 2.55 bits per heavy atom. The molecule has 2 aromatic heterocycles. The molecule has 7 heteroatoms. The van der Waals surface area contributed by atoms with Crippen LogP contribution in [0.25, 0.3) is 10.9 Å². The second kappa shape index (κ2) is 7.79. The molecule has 0 aliphatic carbocycles. The predicted octanol–water partition coefficient (Wildman–Crippen LogP) is 3.86. The third-order valence-electron chi connectivity index (χ3n) is 4.46. The van der Waals surface area contributed by atoms with Gasteiger partial charge in [0.1, 0.15) is 5.75 Å². The maximum atomic E-state index is 12.7. The summed E-state index contributed by atoms with van der Waals surface area (Å²) in [5.41, 5.74) is 2.35. The van der Waals surface area contributed by atoms with Crippen molar-refractivity contribution in [3.05, 3.63) is 72.1 Å². The molecule has 0 saturated heterocycles. The number of rotatable bonds is 6. The Hall–Kier alpha value is -3.61. The zero-order valence-corrected chi connectivity index (χ0v) is 16.7. The molecular formula is C22H23N5O2. The molecule has 1 N–H and O–H groups in total. The van der Waals surface area contributed by atoms with Crippen LogP contribution >= 0.6 is 0 Å². The minimum Gasteiger partial charge on any atom is -0.490 e. The van der Waals surface area contributed by atoms with Crippen molar-refractivity contribution in [1.29, 1.82) is 0 Å². The van der Waals surface area contributed by atoms with Crippen LogP contribution in [0.15, 0.2) is 60.8 Å². The molecule has 2 heterocycles. The molecule has 0 saturated carbocycles. The fourth-order valence-electron chi connectivity index (χ4n) is 3.22. The number of hydrogen-bond donors (Lipinski definition) is 1. The number of hydrogen-bond acceptors (Lipinski definition) is 4. The smallest absolute Gasteiger partial charge is 0.277 e. The largest absolute Gasteiger partial charge is 0.490 e. The minimum atomic E-state index is -0.309. The van der Waals surface area contributed by atoms with Crippen LogP contribution in [0.5, 0.6) is 5.75 Å². The summed E-state index contributed by atoms with van der Waals surface area (Å²) in [5.74, 6) is 0.840. The quantitative estimate of drug-likeness (QED) is 0.543. The van der Waals surface area contributed by atoms with Gasteiger partial charge in [-0.2, -0.15) is 10.2 Å². The molecule has 0 atom stereocenters. The molecular weight excluding hydrogens is 366 g/mol. The second-order valence-corrected chi connectivity index (χ2v) is 7.14. The Labute approximate surface area is 168 Å². The molecule has 4 rings (SSSR count). The van der Waals surface area contributed by atoms with Gasteiger partial charge in [-0.1, -0.05) is 36.4 Å². The molecule has 2 aromatic carbocycles. The highest BCUT2D eigenvalue weighted by molar-refractivity contribution is 6.08. The van der Waals surface area contributed by atoms with Gasteiger partial charge >= 0.3 is 0 Å². The van der Waals surface area contributed by atoms with E-state index in [9.17, 15) is 4.79 Å². The summed E-state index contributed by atoms with van der Waals surface area (Å²) in [5, 5.41) is 12.6. The van der Waals surface area contributed by atoms with Gasteiger partial charge in [0.05, 0.1) is 23.6 Å². The van der Waals surface area contributed by atoms with Crippen LogP contribution in [0.3, 0.4) is 0 Å². The summed E-state index contributed by atoms with van der Waals surface area (Å²) in [6, 6.07) is 17.6. The van der Waals surface area contributed by atoms with Crippen LogP contribution in [0.2, 0.25) is 0 Å². The van der Waals surface area contributed by atoms with Crippen molar-refractivity contribution >= 4 is 22.6 Å². The lowest BCUT2D eigenvalue weighted by Crippen LogP contribution is -2.14. The average Bonchev–Trinajstić information content (AvgIpc) is 3.27. The number of carbonyl (C=O) groups excluding carboxylic acids is 1. The molecule has 0 fully saturated rings. The monoisotopic (exact) mass is 389 g/mol. The van der Waals surface area contributed by atoms with Crippen molar-refractivity contribution < 1.29 is 9.53 Å². The Bertz CT molecular complexity index is 1140. The van der Waals surface area contributed by atoms with Crippen LogP contribution in [0.4, 0.5) is 5.82 Å². The Kier molecular flexibility index (Phi) is 5.03. The van der Waals surface area contributed by atoms with E-state index in [1.165, 1.54) is 0 Å². The van der Waals surface area contributed by atoms with E-state index in [4.69, 9.17) is 9.84 Å². The maximum Gasteiger partial charge on any atom is 0.277 e. The summed E-state index contributed by atoms with van der Waals surface area (Å²) in [4.78, 5) is 12.7. The van der Waals surface area contributed by atoms with Crippen molar-refractivity contribution in [1.82, 2.24) is 19.6 Å². The van der Waals surface area contributed by atoms with E-state index in [1.54, 1.807) is 24.0 Å². The molecule has 148 valence electrons. The number of aromatic nitrogens is 4. The lowest BCUT2D eigenvalue weighted by Gasteiger charge is -2.11. The van der Waals surface area contributed by atoms with E-state index in [-0.39, 0.29) is 12.0 Å². The number of amides is 1. The van der Waals surface area contributed by atoms with Gasteiger partial charge in [0.15, 0.2) is 11.5 Å². The van der Waals surface area contributed by atoms with E-state index in [0.29, 0.717) is 23.8 Å². The molecule has 1 amide bonds. The first-order valence-corrected chi connectivity index (χ1v) is 9.52. The number of aryl methyl sites for hydroxylation is 1. The molecule has 4 aromatic rings. The molecule has 29 heavy (non-hydrogen) atoms. The molecule has 0 aliphatic rings. The SMILES string of the molecule is CC(C)Oc1cccc2c1c(NC(=O)c1ccn(C)n1)nn2Cc1ccccc1. The second-order valence-electron chi connectivity index (χ2n) is 7.14. The molecule has 0 aliphatic heterocycles. The first-order chi connectivity index (χ1) is 14.0. The number of carbonyl (C=O) groups is 1. The van der Waals surface area contributed by atoms with Gasteiger partial charge in [0.25, 0.3) is 5.91 Å². The standard InChI is InChI=1S/C22H23N5O2/c1-15(2)29-19-11-7-10-18-20(19)21(23-22(28)17-12-13-26(3)24-17)25-27(18)14-16-8-5-4-6-9-16/h4-13,15H,14H2,1-3H3,(H,23,25,28). The van der Waals surface area contributed by atoms with Crippen molar-refractivity contribution in [2.75, 3.05) is 5.32 Å². The summed E-state index contributed by atoms with van der Waals surface area (Å²) in [6.07, 6.45) is 1.73. The van der Waals surface area contributed by atoms with Gasteiger partial charge in [0.2, 0.25) is 0 Å². The van der Waals surface area contributed by atoms with Crippen LogP contribution in [0.1, 0.15) is 29.9 Å². The molecule has 0 radical (unpaired) electrons. The van der Waals surface area contributed by atoms with Crippen LogP contribution in [0, 0.1) is 0 Å². The zero-order valence-electron chi connectivity index (χ0n) is 16.7. The van der Waals surface area contributed by atoms with E-state index in [2.05, 4.69) is 10.4 Å². The molecule has 7 nitrogen and oxygen atoms in total. The number of ether oxygens (including phenoxy) is 1. The van der Waals surface area contributed by atoms with Gasteiger partial charge in [-0.15, -0.1) is 0 Å². The van der Waals surface area contributed by atoms with Crippen molar-refractivity contribution in [3.8, 4) is 5.75 Å². The third kappa shape index (κ3) is 3.99. The van der Waals surface area contributed by atoms with Gasteiger partial charge in [-0.25, -0.2) is 0 Å². The van der Waals surface area contributed by atoms with E-state index < -0.39 is 0 Å². The Morgan fingerprint density at radius 2 is 1.86 bits per heavy atom. The van der Waals surface area contributed by atoms with Crippen molar-refractivity contribution in [2.45, 2.75) is 26.5 Å². The predicted molar refractivity (Wildman–Crippen MR) is 112 cm³/mol. The van der Waals surface area contributed by atoms with Crippen LogP contribution < -0.4 is 10.1 Å². The van der Waals surface area contributed by atoms with Gasteiger partial charge < -0.3 is 10.1 Å². The molecule has 0 bridgehead atoms. The van der Waals surface area contributed by atoms with E-state index in [0.717, 1.165) is 16.5 Å². The number of nitrogens with one attached hydrogen (secondary N) is 1. The highest BCUT2D eigenvalue weighted by Crippen LogP contribution is 2.33. The lowest BCUT2D eigenvalue weighted by molar-refractivity contribution is 0.102. The molecule has 0 spiro atoms. The number of nitrogens with zero attached hydrogens (tertiary/aromatic N) is 4. The van der Waals surface area contributed by atoms with E-state index >= 15 is 0 Å². The number of benzene rings is 2. The first kappa shape index (κ1) is 18.7. The maximum absolute atomic E-state index is 12.7.